The summed E-state index contributed by atoms with van der Waals surface area (Å²) in [5, 5.41) is 4.90. The molecule has 8 nitrogen and oxygen atoms in total. The number of hydrogen-bond acceptors (Lipinski definition) is 6. The Morgan fingerprint density at radius 3 is 2.32 bits per heavy atom. The lowest BCUT2D eigenvalue weighted by molar-refractivity contribution is 0.0955. The zero-order valence-electron chi connectivity index (χ0n) is 17.2. The summed E-state index contributed by atoms with van der Waals surface area (Å²) in [5.41, 5.74) is 2.95. The average Bonchev–Trinajstić information content (AvgIpc) is 2.81. The number of anilines is 1. The molecule has 11 heteroatoms. The van der Waals surface area contributed by atoms with Crippen molar-refractivity contribution in [3.63, 3.8) is 0 Å². The van der Waals surface area contributed by atoms with Crippen LogP contribution >= 0.6 is 23.2 Å². The molecule has 0 radical (unpaired) electrons. The first kappa shape index (κ1) is 23.5. The molecule has 34 heavy (non-hydrogen) atoms. The van der Waals surface area contributed by atoms with E-state index < -0.39 is 15.9 Å². The summed E-state index contributed by atoms with van der Waals surface area (Å²) >= 11 is 11.7. The summed E-state index contributed by atoms with van der Waals surface area (Å²) in [7, 11) is -3.81. The molecule has 2 N–H and O–H groups in total. The van der Waals surface area contributed by atoms with E-state index in [0.29, 0.717) is 21.0 Å². The Morgan fingerprint density at radius 1 is 0.941 bits per heavy atom. The highest BCUT2D eigenvalue weighted by molar-refractivity contribution is 7.92. The van der Waals surface area contributed by atoms with E-state index in [1.165, 1.54) is 67.1 Å². The molecule has 1 amide bonds. The highest BCUT2D eigenvalue weighted by atomic mass is 35.5. The standard InChI is InChI=1S/C23H15Cl2N3O5S/c24-16-3-8-19(9-4-16)34(31,32)28-18-6-1-14(2-7-18)23(30)27-26-12-15-13-33-21-10-5-17(25)11-20(21)22(15)29/h1-13,28H,(H,27,30)/b26-12+. The fraction of sp³-hybridized carbons (Fsp3) is 0. The van der Waals surface area contributed by atoms with Gasteiger partial charge in [-0.3, -0.25) is 14.3 Å². The van der Waals surface area contributed by atoms with Gasteiger partial charge in [0.2, 0.25) is 5.43 Å². The molecule has 0 unspecified atom stereocenters. The second-order valence-electron chi connectivity index (χ2n) is 7.00. The first-order chi connectivity index (χ1) is 16.2. The van der Waals surface area contributed by atoms with Crippen molar-refractivity contribution < 1.29 is 17.6 Å². The number of carbonyl (C=O) groups excluding carboxylic acids is 1. The van der Waals surface area contributed by atoms with Crippen LogP contribution in [0.2, 0.25) is 10.0 Å². The Balaban J connectivity index is 1.43. The maximum Gasteiger partial charge on any atom is 0.271 e. The van der Waals surface area contributed by atoms with Crippen molar-refractivity contribution >= 4 is 62.0 Å². The number of amides is 1. The minimum atomic E-state index is -3.81. The molecule has 172 valence electrons. The number of halogens is 2. The second-order valence-corrected chi connectivity index (χ2v) is 9.55. The number of fused-ring (bicyclic) bond motifs is 1. The molecule has 0 bridgehead atoms. The van der Waals surface area contributed by atoms with Crippen molar-refractivity contribution in [3.8, 4) is 0 Å². The molecule has 4 rings (SSSR count). The van der Waals surface area contributed by atoms with Crippen molar-refractivity contribution in [1.29, 1.82) is 0 Å². The number of nitrogens with zero attached hydrogens (tertiary/aromatic N) is 1. The van der Waals surface area contributed by atoms with Gasteiger partial charge in [0.05, 0.1) is 22.1 Å². The molecule has 0 atom stereocenters. The van der Waals surface area contributed by atoms with Crippen molar-refractivity contribution in [2.24, 2.45) is 5.10 Å². The molecule has 0 aliphatic rings. The molecule has 4 aromatic rings. The van der Waals surface area contributed by atoms with Gasteiger partial charge in [-0.1, -0.05) is 23.2 Å². The summed E-state index contributed by atoms with van der Waals surface area (Å²) < 4.78 is 32.7. The lowest BCUT2D eigenvalue weighted by Gasteiger charge is -2.08. The number of hydrazone groups is 1. The molecular formula is C23H15Cl2N3O5S. The van der Waals surface area contributed by atoms with Crippen LogP contribution in [-0.4, -0.2) is 20.5 Å². The monoisotopic (exact) mass is 515 g/mol. The van der Waals surface area contributed by atoms with Crippen LogP contribution in [0.4, 0.5) is 5.69 Å². The number of nitrogens with one attached hydrogen (secondary N) is 2. The lowest BCUT2D eigenvalue weighted by atomic mass is 10.2. The third kappa shape index (κ3) is 5.28. The molecule has 0 fully saturated rings. The van der Waals surface area contributed by atoms with Crippen molar-refractivity contribution in [3.05, 3.63) is 104 Å². The van der Waals surface area contributed by atoms with E-state index in [1.807, 2.05) is 0 Å². The fourth-order valence-corrected chi connectivity index (χ4v) is 4.31. The van der Waals surface area contributed by atoms with E-state index >= 15 is 0 Å². The van der Waals surface area contributed by atoms with Crippen LogP contribution in [0.1, 0.15) is 15.9 Å². The summed E-state index contributed by atoms with van der Waals surface area (Å²) in [6.45, 7) is 0. The van der Waals surface area contributed by atoms with E-state index in [-0.39, 0.29) is 27.1 Å². The van der Waals surface area contributed by atoms with Gasteiger partial charge in [-0.25, -0.2) is 13.8 Å². The minimum absolute atomic E-state index is 0.0495. The van der Waals surface area contributed by atoms with Gasteiger partial charge >= 0.3 is 0 Å². The van der Waals surface area contributed by atoms with Gasteiger partial charge in [-0.2, -0.15) is 5.10 Å². The van der Waals surface area contributed by atoms with Crippen LogP contribution in [-0.2, 0) is 10.0 Å². The normalized spacial score (nSPS) is 11.6. The van der Waals surface area contributed by atoms with Crippen molar-refractivity contribution in [2.45, 2.75) is 4.90 Å². The first-order valence-corrected chi connectivity index (χ1v) is 11.9. The minimum Gasteiger partial charge on any atom is -0.463 e. The maximum absolute atomic E-state index is 12.5. The SMILES string of the molecule is O=C(N/N=C/c1coc2ccc(Cl)cc2c1=O)c1ccc(NS(=O)(=O)c2ccc(Cl)cc2)cc1. The lowest BCUT2D eigenvalue weighted by Crippen LogP contribution is -2.19. The molecule has 0 spiro atoms. The molecular weight excluding hydrogens is 501 g/mol. The van der Waals surface area contributed by atoms with Crippen LogP contribution in [0.3, 0.4) is 0 Å². The van der Waals surface area contributed by atoms with E-state index in [1.54, 1.807) is 12.1 Å². The quantitative estimate of drug-likeness (QED) is 0.286. The Morgan fingerprint density at radius 2 is 1.62 bits per heavy atom. The van der Waals surface area contributed by atoms with Crippen molar-refractivity contribution in [2.75, 3.05) is 4.72 Å². The van der Waals surface area contributed by atoms with Gasteiger partial charge in [0.1, 0.15) is 11.8 Å². The molecule has 3 aromatic carbocycles. The predicted octanol–water partition coefficient (Wildman–Crippen LogP) is 4.66. The molecule has 0 saturated carbocycles. The van der Waals surface area contributed by atoms with Crippen LogP contribution in [0, 0.1) is 0 Å². The third-order valence-electron chi connectivity index (χ3n) is 4.65. The number of sulfonamides is 1. The number of hydrogen-bond donors (Lipinski definition) is 2. The van der Waals surface area contributed by atoms with Gasteiger partial charge in [0.15, 0.2) is 0 Å². The van der Waals surface area contributed by atoms with Gasteiger partial charge < -0.3 is 4.42 Å². The average molecular weight is 516 g/mol. The molecule has 0 aliphatic heterocycles. The summed E-state index contributed by atoms with van der Waals surface area (Å²) in [5.74, 6) is -0.559. The Kier molecular flexibility index (Phi) is 6.69. The molecule has 1 aromatic heterocycles. The number of carbonyl (C=O) groups is 1. The third-order valence-corrected chi connectivity index (χ3v) is 6.54. The Hall–Kier alpha value is -3.66. The van der Waals surface area contributed by atoms with E-state index in [4.69, 9.17) is 27.6 Å². The van der Waals surface area contributed by atoms with E-state index in [9.17, 15) is 18.0 Å². The zero-order valence-corrected chi connectivity index (χ0v) is 19.5. The summed E-state index contributed by atoms with van der Waals surface area (Å²) in [6, 6.07) is 16.1. The zero-order chi connectivity index (χ0) is 24.3. The second kappa shape index (κ2) is 9.68. The summed E-state index contributed by atoms with van der Waals surface area (Å²) in [6.07, 6.45) is 2.40. The van der Waals surface area contributed by atoms with Gasteiger partial charge in [-0.15, -0.1) is 0 Å². The largest absolute Gasteiger partial charge is 0.463 e. The van der Waals surface area contributed by atoms with Gasteiger partial charge in [0.25, 0.3) is 15.9 Å². The van der Waals surface area contributed by atoms with Crippen molar-refractivity contribution in [1.82, 2.24) is 5.43 Å². The first-order valence-electron chi connectivity index (χ1n) is 9.66. The highest BCUT2D eigenvalue weighted by Crippen LogP contribution is 2.19. The molecule has 0 saturated heterocycles. The summed E-state index contributed by atoms with van der Waals surface area (Å²) in [4.78, 5) is 24.9. The van der Waals surface area contributed by atoms with Gasteiger partial charge in [0, 0.05) is 21.3 Å². The van der Waals surface area contributed by atoms with E-state index in [2.05, 4.69) is 15.2 Å². The predicted molar refractivity (Wildman–Crippen MR) is 131 cm³/mol. The molecule has 0 aliphatic carbocycles. The van der Waals surface area contributed by atoms with Crippen LogP contribution in [0.25, 0.3) is 11.0 Å². The number of rotatable bonds is 6. The molecule has 1 heterocycles. The smallest absolute Gasteiger partial charge is 0.271 e. The maximum atomic E-state index is 12.5. The number of benzene rings is 3. The Bertz CT molecular complexity index is 1570. The van der Waals surface area contributed by atoms with Crippen LogP contribution < -0.4 is 15.6 Å². The fourth-order valence-electron chi connectivity index (χ4n) is 2.95. The van der Waals surface area contributed by atoms with Crippen LogP contribution in [0.5, 0.6) is 0 Å². The van der Waals surface area contributed by atoms with Gasteiger partial charge in [-0.05, 0) is 66.7 Å². The van der Waals surface area contributed by atoms with E-state index in [0.717, 1.165) is 0 Å². The highest BCUT2D eigenvalue weighted by Gasteiger charge is 2.14. The topological polar surface area (TPSA) is 118 Å². The van der Waals surface area contributed by atoms with Crippen LogP contribution in [0.15, 0.2) is 92.2 Å². The Labute approximate surface area is 203 Å².